The minimum Gasteiger partial charge on any atom is -0.387 e. The van der Waals surface area contributed by atoms with Crippen molar-refractivity contribution in [1.82, 2.24) is 0 Å². The van der Waals surface area contributed by atoms with Crippen molar-refractivity contribution in [3.05, 3.63) is 57.6 Å². The van der Waals surface area contributed by atoms with Gasteiger partial charge in [-0.2, -0.15) is 0 Å². The lowest BCUT2D eigenvalue weighted by molar-refractivity contribution is 0.457. The summed E-state index contributed by atoms with van der Waals surface area (Å²) in [7, 11) is 0. The van der Waals surface area contributed by atoms with Crippen LogP contribution in [-0.2, 0) is 10.8 Å². The fourth-order valence-corrected chi connectivity index (χ4v) is 3.85. The van der Waals surface area contributed by atoms with Crippen LogP contribution in [0.5, 0.6) is 11.5 Å². The molecule has 2 aromatic rings. The third kappa shape index (κ3) is 4.77. The third-order valence-corrected chi connectivity index (χ3v) is 5.37. The maximum absolute atomic E-state index is 9.35. The van der Waals surface area contributed by atoms with Crippen LogP contribution in [0.2, 0.25) is 0 Å². The molecule has 0 radical (unpaired) electrons. The number of benzene rings is 2. The van der Waals surface area contributed by atoms with Crippen molar-refractivity contribution in [1.29, 1.82) is 10.5 Å². The number of aryl methyl sites for hydroxylation is 2. The Bertz CT molecular complexity index is 942. The highest BCUT2D eigenvalue weighted by molar-refractivity contribution is 5.57. The molecule has 4 heteroatoms. The van der Waals surface area contributed by atoms with E-state index in [-0.39, 0.29) is 16.7 Å². The van der Waals surface area contributed by atoms with Gasteiger partial charge in [0, 0.05) is 28.2 Å². The van der Waals surface area contributed by atoms with Gasteiger partial charge in [0.25, 0.3) is 12.5 Å². The van der Waals surface area contributed by atoms with E-state index < -0.39 is 0 Å². The van der Waals surface area contributed by atoms with Crippen molar-refractivity contribution in [2.24, 2.45) is 0 Å². The van der Waals surface area contributed by atoms with Gasteiger partial charge in [-0.15, -0.1) is 10.5 Å². The Morgan fingerprint density at radius 2 is 1.03 bits per heavy atom. The second-order valence-corrected chi connectivity index (χ2v) is 10.1. The van der Waals surface area contributed by atoms with Gasteiger partial charge < -0.3 is 9.47 Å². The van der Waals surface area contributed by atoms with Gasteiger partial charge in [-0.3, -0.25) is 0 Å². The minimum atomic E-state index is -0.193. The third-order valence-electron chi connectivity index (χ3n) is 5.37. The Balaban J connectivity index is 2.86. The summed E-state index contributed by atoms with van der Waals surface area (Å²) in [6, 6.07) is 8.27. The van der Waals surface area contributed by atoms with Crippen LogP contribution in [0.4, 0.5) is 0 Å². The molecule has 2 aromatic carbocycles. The van der Waals surface area contributed by atoms with E-state index in [4.69, 9.17) is 9.47 Å². The zero-order valence-corrected chi connectivity index (χ0v) is 19.6. The van der Waals surface area contributed by atoms with E-state index >= 15 is 0 Å². The van der Waals surface area contributed by atoms with E-state index in [2.05, 4.69) is 72.7 Å². The second kappa shape index (κ2) is 8.41. The summed E-state index contributed by atoms with van der Waals surface area (Å²) in [5.41, 5.74) is 5.60. The molecule has 4 nitrogen and oxygen atoms in total. The smallest absolute Gasteiger partial charge is 0.292 e. The molecule has 0 heterocycles. The van der Waals surface area contributed by atoms with Crippen molar-refractivity contribution in [2.45, 2.75) is 79.1 Å². The van der Waals surface area contributed by atoms with Crippen LogP contribution in [0.15, 0.2) is 24.3 Å². The standard InChI is InChI=1S/C26H32N2O2/c1-16-10-19(23(29-14-27)21(12-16)25(4,5)6)18(3)20-11-17(2)13-22(26(7,8)9)24(20)30-15-28/h10-13,18H,1-9H3. The average Bonchev–Trinajstić information content (AvgIpc) is 2.61. The normalized spacial score (nSPS) is 11.7. The first-order valence-corrected chi connectivity index (χ1v) is 10.2. The molecule has 0 bridgehead atoms. The monoisotopic (exact) mass is 404 g/mol. The first-order valence-electron chi connectivity index (χ1n) is 10.2. The Labute approximate surface area is 181 Å². The molecule has 30 heavy (non-hydrogen) atoms. The van der Waals surface area contributed by atoms with Crippen LogP contribution in [0.25, 0.3) is 0 Å². The van der Waals surface area contributed by atoms with Crippen molar-refractivity contribution in [3.8, 4) is 24.0 Å². The Hall–Kier alpha value is -2.98. The Morgan fingerprint density at radius 3 is 1.30 bits per heavy atom. The molecule has 2 rings (SSSR count). The summed E-state index contributed by atoms with van der Waals surface area (Å²) in [6.07, 6.45) is 3.73. The van der Waals surface area contributed by atoms with Gasteiger partial charge in [-0.1, -0.05) is 83.9 Å². The lowest BCUT2D eigenvalue weighted by Crippen LogP contribution is -2.17. The molecule has 0 atom stereocenters. The quantitative estimate of drug-likeness (QED) is 0.527. The summed E-state index contributed by atoms with van der Waals surface area (Å²) in [5, 5.41) is 18.7. The molecule has 0 unspecified atom stereocenters. The number of nitrogens with zero attached hydrogens (tertiary/aromatic N) is 2. The van der Waals surface area contributed by atoms with Crippen LogP contribution in [0.1, 0.15) is 87.8 Å². The van der Waals surface area contributed by atoms with Gasteiger partial charge >= 0.3 is 0 Å². The number of hydrogen-bond acceptors (Lipinski definition) is 4. The topological polar surface area (TPSA) is 66.0 Å². The maximum Gasteiger partial charge on any atom is 0.292 e. The molecule has 158 valence electrons. The van der Waals surface area contributed by atoms with Gasteiger partial charge in [0.1, 0.15) is 11.5 Å². The van der Waals surface area contributed by atoms with Gasteiger partial charge in [0.05, 0.1) is 0 Å². The molecule has 0 aliphatic heterocycles. The zero-order valence-electron chi connectivity index (χ0n) is 19.6. The van der Waals surface area contributed by atoms with E-state index in [1.165, 1.54) is 0 Å². The highest BCUT2D eigenvalue weighted by Gasteiger charge is 2.29. The maximum atomic E-state index is 9.35. The molecular weight excluding hydrogens is 372 g/mol. The fraction of sp³-hybridized carbons (Fsp3) is 0.462. The number of ether oxygens (including phenoxy) is 2. The molecule has 0 N–H and O–H groups in total. The van der Waals surface area contributed by atoms with Crippen LogP contribution in [0, 0.1) is 36.9 Å². The van der Waals surface area contributed by atoms with Crippen LogP contribution >= 0.6 is 0 Å². The fourth-order valence-electron chi connectivity index (χ4n) is 3.85. The van der Waals surface area contributed by atoms with E-state index in [0.717, 1.165) is 33.4 Å². The van der Waals surface area contributed by atoms with Gasteiger partial charge in [0.15, 0.2) is 0 Å². The Morgan fingerprint density at radius 1 is 0.700 bits per heavy atom. The van der Waals surface area contributed by atoms with Gasteiger partial charge in [-0.05, 0) is 24.7 Å². The molecule has 0 saturated heterocycles. The van der Waals surface area contributed by atoms with E-state index in [0.29, 0.717) is 11.5 Å². The molecule has 0 aromatic heterocycles. The first kappa shape index (κ1) is 23.3. The second-order valence-electron chi connectivity index (χ2n) is 10.1. The van der Waals surface area contributed by atoms with Crippen LogP contribution < -0.4 is 9.47 Å². The first-order chi connectivity index (χ1) is 13.8. The minimum absolute atomic E-state index is 0.140. The molecule has 0 fully saturated rings. The van der Waals surface area contributed by atoms with Gasteiger partial charge in [-0.25, -0.2) is 0 Å². The molecule has 0 aliphatic rings. The zero-order chi connectivity index (χ0) is 22.9. The molecule has 0 amide bonds. The summed E-state index contributed by atoms with van der Waals surface area (Å²) in [5.74, 6) is 1.04. The van der Waals surface area contributed by atoms with Crippen molar-refractivity contribution < 1.29 is 9.47 Å². The highest BCUT2D eigenvalue weighted by Crippen LogP contribution is 2.45. The summed E-state index contributed by atoms with van der Waals surface area (Å²) >= 11 is 0. The van der Waals surface area contributed by atoms with Crippen LogP contribution in [0.3, 0.4) is 0 Å². The Kier molecular flexibility index (Phi) is 6.53. The van der Waals surface area contributed by atoms with E-state index in [1.54, 1.807) is 0 Å². The summed E-state index contributed by atoms with van der Waals surface area (Å²) < 4.78 is 11.0. The number of rotatable bonds is 4. The van der Waals surface area contributed by atoms with Crippen molar-refractivity contribution >= 4 is 0 Å². The molecular formula is C26H32N2O2. The summed E-state index contributed by atoms with van der Waals surface area (Å²) in [4.78, 5) is 0. The largest absolute Gasteiger partial charge is 0.387 e. The molecule has 0 aliphatic carbocycles. The van der Waals surface area contributed by atoms with Crippen molar-refractivity contribution in [2.75, 3.05) is 0 Å². The predicted molar refractivity (Wildman–Crippen MR) is 120 cm³/mol. The predicted octanol–water partition coefficient (Wildman–Crippen LogP) is 6.77. The summed E-state index contributed by atoms with van der Waals surface area (Å²) in [6.45, 7) is 18.8. The van der Waals surface area contributed by atoms with E-state index in [1.807, 2.05) is 26.4 Å². The van der Waals surface area contributed by atoms with Gasteiger partial charge in [0.2, 0.25) is 0 Å². The number of hydrogen-bond donors (Lipinski definition) is 0. The SMILES string of the molecule is Cc1cc(C(C)c2cc(C)cc(C(C)(C)C)c2OC#N)c(OC#N)c(C(C)(C)C)c1. The lowest BCUT2D eigenvalue weighted by Gasteiger charge is -2.28. The number of nitriles is 2. The average molecular weight is 405 g/mol. The molecule has 0 spiro atoms. The van der Waals surface area contributed by atoms with Crippen LogP contribution in [-0.4, -0.2) is 0 Å². The lowest BCUT2D eigenvalue weighted by atomic mass is 9.78. The van der Waals surface area contributed by atoms with Crippen molar-refractivity contribution in [3.63, 3.8) is 0 Å². The highest BCUT2D eigenvalue weighted by atomic mass is 16.5. The molecule has 0 saturated carbocycles. The van der Waals surface area contributed by atoms with E-state index in [9.17, 15) is 10.5 Å².